The minimum atomic E-state index is -0.0598. The average Bonchev–Trinajstić information content (AvgIpc) is 2.93. The predicted octanol–water partition coefficient (Wildman–Crippen LogP) is -0.0955. The first-order chi connectivity index (χ1) is 8.79. The summed E-state index contributed by atoms with van der Waals surface area (Å²) in [5, 5.41) is 6.32. The number of likely N-dealkylation sites (N-methyl/N-ethyl adjacent to an activating group) is 1. The summed E-state index contributed by atoms with van der Waals surface area (Å²) < 4.78 is 11.1. The molecule has 5 nitrogen and oxygen atoms in total. The Morgan fingerprint density at radius 3 is 2.72 bits per heavy atom. The van der Waals surface area contributed by atoms with Crippen molar-refractivity contribution in [1.29, 1.82) is 0 Å². The number of rotatable bonds is 4. The topological polar surface area (TPSA) is 59.6 Å². The molecule has 0 aromatic rings. The molecule has 0 aromatic carbocycles. The molecule has 3 aliphatic rings. The van der Waals surface area contributed by atoms with Gasteiger partial charge in [0, 0.05) is 12.6 Å². The minimum Gasteiger partial charge on any atom is -0.379 e. The Kier molecular flexibility index (Phi) is 3.54. The van der Waals surface area contributed by atoms with E-state index in [9.17, 15) is 4.79 Å². The lowest BCUT2D eigenvalue weighted by atomic mass is 10.0. The molecule has 2 aliphatic heterocycles. The monoisotopic (exact) mass is 254 g/mol. The molecule has 4 atom stereocenters. The highest BCUT2D eigenvalue weighted by Crippen LogP contribution is 2.38. The fraction of sp³-hybridized carbons (Fsp3) is 0.923. The Balaban J connectivity index is 1.56. The number of ether oxygens (including phenoxy) is 2. The highest BCUT2D eigenvalue weighted by Gasteiger charge is 2.42. The first-order valence-electron chi connectivity index (χ1n) is 6.96. The summed E-state index contributed by atoms with van der Waals surface area (Å²) in [6.07, 6.45) is 3.71. The molecule has 0 radical (unpaired) electrons. The summed E-state index contributed by atoms with van der Waals surface area (Å²) >= 11 is 0. The van der Waals surface area contributed by atoms with E-state index >= 15 is 0 Å². The van der Waals surface area contributed by atoms with E-state index in [0.29, 0.717) is 19.1 Å². The molecule has 0 spiro atoms. The summed E-state index contributed by atoms with van der Waals surface area (Å²) in [4.78, 5) is 12.3. The maximum absolute atomic E-state index is 12.3. The van der Waals surface area contributed by atoms with Crippen LogP contribution in [0.3, 0.4) is 0 Å². The van der Waals surface area contributed by atoms with Gasteiger partial charge in [0.1, 0.15) is 0 Å². The molecular weight excluding hydrogens is 232 g/mol. The molecule has 2 saturated heterocycles. The van der Waals surface area contributed by atoms with E-state index in [1.54, 1.807) is 0 Å². The van der Waals surface area contributed by atoms with Crippen LogP contribution < -0.4 is 10.6 Å². The third kappa shape index (κ3) is 2.39. The highest BCUT2D eigenvalue weighted by molar-refractivity contribution is 5.80. The van der Waals surface area contributed by atoms with Gasteiger partial charge in [0.05, 0.1) is 31.3 Å². The van der Waals surface area contributed by atoms with E-state index in [-0.39, 0.29) is 30.0 Å². The average molecular weight is 254 g/mol. The molecule has 1 saturated carbocycles. The van der Waals surface area contributed by atoms with Gasteiger partial charge < -0.3 is 20.1 Å². The third-order valence-electron chi connectivity index (χ3n) is 4.34. The van der Waals surface area contributed by atoms with Gasteiger partial charge in [0.15, 0.2) is 0 Å². The van der Waals surface area contributed by atoms with Gasteiger partial charge in [-0.3, -0.25) is 4.79 Å². The number of nitrogens with one attached hydrogen (secondary N) is 2. The molecule has 3 rings (SSSR count). The van der Waals surface area contributed by atoms with Gasteiger partial charge in [-0.05, 0) is 32.2 Å². The summed E-state index contributed by atoms with van der Waals surface area (Å²) in [5.41, 5.74) is 0. The lowest BCUT2D eigenvalue weighted by molar-refractivity contribution is -0.126. The van der Waals surface area contributed by atoms with E-state index < -0.39 is 0 Å². The van der Waals surface area contributed by atoms with Crippen LogP contribution in [0.25, 0.3) is 0 Å². The molecule has 102 valence electrons. The Morgan fingerprint density at radius 2 is 2.00 bits per heavy atom. The number of hydrogen-bond acceptors (Lipinski definition) is 4. The first-order valence-corrected chi connectivity index (χ1v) is 6.96. The van der Waals surface area contributed by atoms with Crippen molar-refractivity contribution in [3.63, 3.8) is 0 Å². The van der Waals surface area contributed by atoms with Crippen molar-refractivity contribution in [2.75, 3.05) is 26.9 Å². The molecule has 18 heavy (non-hydrogen) atoms. The Bertz CT molecular complexity index is 319. The van der Waals surface area contributed by atoms with Crippen molar-refractivity contribution in [1.82, 2.24) is 10.6 Å². The van der Waals surface area contributed by atoms with E-state index in [1.807, 2.05) is 7.05 Å². The second-order valence-electron chi connectivity index (χ2n) is 5.62. The molecule has 1 amide bonds. The van der Waals surface area contributed by atoms with Crippen molar-refractivity contribution in [2.45, 2.75) is 37.5 Å². The molecule has 0 aromatic heterocycles. The number of hydrogen-bond donors (Lipinski definition) is 2. The minimum absolute atomic E-state index is 0.0598. The summed E-state index contributed by atoms with van der Waals surface area (Å²) in [6, 6.07) is 0.356. The van der Waals surface area contributed by atoms with Crippen molar-refractivity contribution < 1.29 is 14.3 Å². The van der Waals surface area contributed by atoms with Crippen LogP contribution in [0.1, 0.15) is 19.3 Å². The number of carbonyl (C=O) groups excluding carboxylic acids is 1. The van der Waals surface area contributed by atoms with Crippen molar-refractivity contribution >= 4 is 5.91 Å². The largest absolute Gasteiger partial charge is 0.379 e. The van der Waals surface area contributed by atoms with Crippen molar-refractivity contribution in [3.05, 3.63) is 0 Å². The van der Waals surface area contributed by atoms with Crippen molar-refractivity contribution in [3.8, 4) is 0 Å². The van der Waals surface area contributed by atoms with Crippen molar-refractivity contribution in [2.24, 2.45) is 11.8 Å². The zero-order valence-electron chi connectivity index (χ0n) is 10.9. The normalized spacial score (nSPS) is 40.1. The van der Waals surface area contributed by atoms with Crippen LogP contribution in [0.4, 0.5) is 0 Å². The molecule has 1 aliphatic carbocycles. The maximum Gasteiger partial charge on any atom is 0.227 e. The standard InChI is InChI=1S/C13H22N2O3/c1-14-11-7-17-6-9(11)13(16)15-10-4-5-18-12(10)8-2-3-8/h8-12,14H,2-7H2,1H3,(H,15,16). The second kappa shape index (κ2) is 5.15. The molecule has 2 N–H and O–H groups in total. The predicted molar refractivity (Wildman–Crippen MR) is 66.2 cm³/mol. The Hall–Kier alpha value is -0.650. The lowest BCUT2D eigenvalue weighted by Gasteiger charge is -2.23. The molecule has 3 fully saturated rings. The maximum atomic E-state index is 12.3. The SMILES string of the molecule is CNC1COCC1C(=O)NC1CCOC1C1CC1. The fourth-order valence-electron chi connectivity index (χ4n) is 3.04. The number of carbonyl (C=O) groups is 1. The van der Waals surface area contributed by atoms with Crippen LogP contribution in [-0.2, 0) is 14.3 Å². The van der Waals surface area contributed by atoms with E-state index in [1.165, 1.54) is 12.8 Å². The van der Waals surface area contributed by atoms with Crippen LogP contribution in [-0.4, -0.2) is 51.0 Å². The number of amides is 1. The second-order valence-corrected chi connectivity index (χ2v) is 5.62. The lowest BCUT2D eigenvalue weighted by Crippen LogP contribution is -2.48. The zero-order chi connectivity index (χ0) is 12.5. The quantitative estimate of drug-likeness (QED) is 0.736. The van der Waals surface area contributed by atoms with Gasteiger partial charge in [0.2, 0.25) is 5.91 Å². The zero-order valence-corrected chi connectivity index (χ0v) is 10.9. The third-order valence-corrected chi connectivity index (χ3v) is 4.34. The van der Waals surface area contributed by atoms with Crippen LogP contribution in [0.2, 0.25) is 0 Å². The Labute approximate surface area is 108 Å². The molecule has 5 heteroatoms. The van der Waals surface area contributed by atoms with Gasteiger partial charge in [-0.2, -0.15) is 0 Å². The van der Waals surface area contributed by atoms with Crippen LogP contribution in [0.15, 0.2) is 0 Å². The van der Waals surface area contributed by atoms with Gasteiger partial charge in [0.25, 0.3) is 0 Å². The van der Waals surface area contributed by atoms with Crippen LogP contribution >= 0.6 is 0 Å². The summed E-state index contributed by atoms with van der Waals surface area (Å²) in [5.74, 6) is 0.737. The summed E-state index contributed by atoms with van der Waals surface area (Å²) in [6.45, 7) is 1.93. The van der Waals surface area contributed by atoms with Crippen LogP contribution in [0, 0.1) is 11.8 Å². The highest BCUT2D eigenvalue weighted by atomic mass is 16.5. The van der Waals surface area contributed by atoms with Gasteiger partial charge in [-0.1, -0.05) is 0 Å². The fourth-order valence-corrected chi connectivity index (χ4v) is 3.04. The molecule has 2 heterocycles. The molecular formula is C13H22N2O3. The summed E-state index contributed by atoms with van der Waals surface area (Å²) in [7, 11) is 1.88. The van der Waals surface area contributed by atoms with Crippen LogP contribution in [0.5, 0.6) is 0 Å². The molecule has 0 bridgehead atoms. The van der Waals surface area contributed by atoms with Gasteiger partial charge in [-0.25, -0.2) is 0 Å². The van der Waals surface area contributed by atoms with E-state index in [2.05, 4.69) is 10.6 Å². The Morgan fingerprint density at radius 1 is 1.17 bits per heavy atom. The smallest absolute Gasteiger partial charge is 0.227 e. The first kappa shape index (κ1) is 12.4. The molecule has 4 unspecified atom stereocenters. The van der Waals surface area contributed by atoms with Gasteiger partial charge in [-0.15, -0.1) is 0 Å². The van der Waals surface area contributed by atoms with E-state index in [0.717, 1.165) is 13.0 Å². The van der Waals surface area contributed by atoms with Gasteiger partial charge >= 0.3 is 0 Å². The van der Waals surface area contributed by atoms with E-state index in [4.69, 9.17) is 9.47 Å².